The van der Waals surface area contributed by atoms with Gasteiger partial charge in [-0.05, 0) is 67.1 Å². The van der Waals surface area contributed by atoms with Gasteiger partial charge in [0.05, 0.1) is 17.7 Å². The lowest BCUT2D eigenvalue weighted by molar-refractivity contribution is -0.688. The molecule has 0 unspecified atom stereocenters. The predicted molar refractivity (Wildman–Crippen MR) is 168 cm³/mol. The van der Waals surface area contributed by atoms with Gasteiger partial charge in [0.15, 0.2) is 18.9 Å². The van der Waals surface area contributed by atoms with Crippen molar-refractivity contribution in [1.82, 2.24) is 0 Å². The van der Waals surface area contributed by atoms with E-state index in [1.54, 1.807) is 60.7 Å². The fourth-order valence-electron chi connectivity index (χ4n) is 4.48. The van der Waals surface area contributed by atoms with Crippen molar-refractivity contribution in [3.05, 3.63) is 114 Å². The van der Waals surface area contributed by atoms with Crippen LogP contribution in [0, 0.1) is 0 Å². The number of esters is 2. The Morgan fingerprint density at radius 3 is 1.65 bits per heavy atom. The average molecular weight is 582 g/mol. The van der Waals surface area contributed by atoms with Crippen LogP contribution in [0.15, 0.2) is 97.3 Å². The average Bonchev–Trinajstić information content (AvgIpc) is 3.02. The number of unbranched alkanes of at least 4 members (excludes halogenated alkanes) is 5. The number of carbonyl (C=O) groups excluding carboxylic acids is 2. The maximum absolute atomic E-state index is 12.7. The second-order valence-corrected chi connectivity index (χ2v) is 10.7. The van der Waals surface area contributed by atoms with E-state index in [0.29, 0.717) is 35.8 Å². The molecule has 7 heteroatoms. The van der Waals surface area contributed by atoms with Crippen molar-refractivity contribution in [3.63, 3.8) is 0 Å². The van der Waals surface area contributed by atoms with Gasteiger partial charge in [-0.1, -0.05) is 51.2 Å². The van der Waals surface area contributed by atoms with Gasteiger partial charge < -0.3 is 19.1 Å². The Labute approximate surface area is 254 Å². The van der Waals surface area contributed by atoms with Gasteiger partial charge in [0, 0.05) is 37.5 Å². The molecule has 4 aromatic rings. The summed E-state index contributed by atoms with van der Waals surface area (Å²) in [6.45, 7) is 3.58. The summed E-state index contributed by atoms with van der Waals surface area (Å²) in [4.78, 5) is 27.3. The topological polar surface area (TPSA) is 69.0 Å². The second-order valence-electron chi connectivity index (χ2n) is 10.7. The summed E-state index contributed by atoms with van der Waals surface area (Å²) < 4.78 is 18.9. The highest BCUT2D eigenvalue weighted by atomic mass is 16.5. The van der Waals surface area contributed by atoms with Crippen LogP contribution in [-0.2, 0) is 6.54 Å². The fourth-order valence-corrected chi connectivity index (χ4v) is 4.48. The molecular formula is C36H41N2O5+. The van der Waals surface area contributed by atoms with Crippen LogP contribution in [0.2, 0.25) is 0 Å². The molecule has 0 aliphatic rings. The standard InChI is InChI=1S/C36H41N2O5/c1-4-5-6-7-8-9-26-41-32-16-14-30(15-17-32)36(40)43-34-20-18-33(19-21-34)42-35(39)29-12-10-28(11-13-29)27-38-24-22-31(23-25-38)37(2)3/h10-25H,4-9,26-27H2,1-3H3/q+1. The van der Waals surface area contributed by atoms with Crippen LogP contribution < -0.4 is 23.7 Å². The number of pyridine rings is 1. The summed E-state index contributed by atoms with van der Waals surface area (Å²) in [6, 6.07) is 24.8. The molecule has 43 heavy (non-hydrogen) atoms. The molecule has 0 amide bonds. The normalized spacial score (nSPS) is 10.7. The van der Waals surface area contributed by atoms with E-state index >= 15 is 0 Å². The van der Waals surface area contributed by atoms with Crippen molar-refractivity contribution < 1.29 is 28.4 Å². The summed E-state index contributed by atoms with van der Waals surface area (Å²) in [5, 5.41) is 0. The monoisotopic (exact) mass is 581 g/mol. The van der Waals surface area contributed by atoms with E-state index in [-0.39, 0.29) is 0 Å². The zero-order valence-corrected chi connectivity index (χ0v) is 25.3. The van der Waals surface area contributed by atoms with E-state index in [1.165, 1.54) is 32.1 Å². The van der Waals surface area contributed by atoms with Crippen molar-refractivity contribution in [3.8, 4) is 17.2 Å². The first-order valence-electron chi connectivity index (χ1n) is 14.9. The number of nitrogens with zero attached hydrogens (tertiary/aromatic N) is 2. The minimum absolute atomic E-state index is 0.355. The molecule has 0 radical (unpaired) electrons. The summed E-state index contributed by atoms with van der Waals surface area (Å²) in [6.07, 6.45) is 11.3. The van der Waals surface area contributed by atoms with Gasteiger partial charge in [-0.2, -0.15) is 0 Å². The Hall–Kier alpha value is -4.65. The molecule has 224 valence electrons. The molecule has 0 saturated carbocycles. The third kappa shape index (κ3) is 9.99. The van der Waals surface area contributed by atoms with Gasteiger partial charge in [-0.15, -0.1) is 0 Å². The molecular weight excluding hydrogens is 540 g/mol. The second kappa shape index (κ2) is 16.1. The lowest BCUT2D eigenvalue weighted by Crippen LogP contribution is -2.33. The summed E-state index contributed by atoms with van der Waals surface area (Å²) in [5.74, 6) is 0.517. The van der Waals surface area contributed by atoms with Crippen LogP contribution in [0.4, 0.5) is 5.69 Å². The van der Waals surface area contributed by atoms with Crippen LogP contribution in [0.1, 0.15) is 71.7 Å². The molecule has 0 atom stereocenters. The number of rotatable bonds is 15. The number of anilines is 1. The summed E-state index contributed by atoms with van der Waals surface area (Å²) in [5.41, 5.74) is 3.08. The van der Waals surface area contributed by atoms with Gasteiger partial charge in [0.25, 0.3) is 0 Å². The maximum atomic E-state index is 12.7. The van der Waals surface area contributed by atoms with Crippen molar-refractivity contribution in [1.29, 1.82) is 0 Å². The van der Waals surface area contributed by atoms with E-state index in [2.05, 4.69) is 28.5 Å². The number of ether oxygens (including phenoxy) is 3. The maximum Gasteiger partial charge on any atom is 0.343 e. The highest BCUT2D eigenvalue weighted by Crippen LogP contribution is 2.21. The van der Waals surface area contributed by atoms with Crippen molar-refractivity contribution >= 4 is 17.6 Å². The van der Waals surface area contributed by atoms with E-state index < -0.39 is 11.9 Å². The van der Waals surface area contributed by atoms with Crippen molar-refractivity contribution in [2.45, 2.75) is 52.0 Å². The highest BCUT2D eigenvalue weighted by molar-refractivity contribution is 5.92. The highest BCUT2D eigenvalue weighted by Gasteiger charge is 2.12. The molecule has 0 N–H and O–H groups in total. The lowest BCUT2D eigenvalue weighted by Gasteiger charge is -2.10. The van der Waals surface area contributed by atoms with Crippen molar-refractivity contribution in [2.75, 3.05) is 25.6 Å². The van der Waals surface area contributed by atoms with Gasteiger partial charge in [-0.25, -0.2) is 14.2 Å². The van der Waals surface area contributed by atoms with E-state index in [0.717, 1.165) is 23.4 Å². The molecule has 3 aromatic carbocycles. The molecule has 0 fully saturated rings. The molecule has 1 heterocycles. The summed E-state index contributed by atoms with van der Waals surface area (Å²) in [7, 11) is 4.02. The van der Waals surface area contributed by atoms with Crippen molar-refractivity contribution in [2.24, 2.45) is 0 Å². The number of carbonyl (C=O) groups is 2. The zero-order chi connectivity index (χ0) is 30.4. The van der Waals surface area contributed by atoms with Crippen LogP contribution in [0.3, 0.4) is 0 Å². The molecule has 4 rings (SSSR count). The van der Waals surface area contributed by atoms with Gasteiger partial charge in [-0.3, -0.25) is 0 Å². The minimum Gasteiger partial charge on any atom is -0.494 e. The third-order valence-electron chi connectivity index (χ3n) is 7.05. The molecule has 0 aliphatic heterocycles. The number of aromatic nitrogens is 1. The Kier molecular flexibility index (Phi) is 11.7. The Morgan fingerprint density at radius 1 is 0.628 bits per heavy atom. The summed E-state index contributed by atoms with van der Waals surface area (Å²) >= 11 is 0. The first-order chi connectivity index (χ1) is 20.9. The van der Waals surface area contributed by atoms with Gasteiger partial charge in [0.2, 0.25) is 0 Å². The Morgan fingerprint density at radius 2 is 1.12 bits per heavy atom. The SMILES string of the molecule is CCCCCCCCOc1ccc(C(=O)Oc2ccc(OC(=O)c3ccc(C[n+]4ccc(N(C)C)cc4)cc3)cc2)cc1. The molecule has 0 spiro atoms. The molecule has 0 aliphatic carbocycles. The molecule has 0 saturated heterocycles. The predicted octanol–water partition coefficient (Wildman–Crippen LogP) is 7.27. The quantitative estimate of drug-likeness (QED) is 0.0637. The first kappa shape index (κ1) is 31.3. The largest absolute Gasteiger partial charge is 0.494 e. The molecule has 7 nitrogen and oxygen atoms in total. The number of hydrogen-bond acceptors (Lipinski definition) is 6. The van der Waals surface area contributed by atoms with Crippen LogP contribution in [0.25, 0.3) is 0 Å². The van der Waals surface area contributed by atoms with Crippen LogP contribution in [0.5, 0.6) is 17.2 Å². The van der Waals surface area contributed by atoms with E-state index in [1.807, 2.05) is 38.6 Å². The molecule has 1 aromatic heterocycles. The number of hydrogen-bond donors (Lipinski definition) is 0. The van der Waals surface area contributed by atoms with Crippen LogP contribution >= 0.6 is 0 Å². The van der Waals surface area contributed by atoms with Crippen LogP contribution in [-0.4, -0.2) is 32.6 Å². The third-order valence-corrected chi connectivity index (χ3v) is 7.05. The smallest absolute Gasteiger partial charge is 0.343 e. The van der Waals surface area contributed by atoms with E-state index in [4.69, 9.17) is 14.2 Å². The Bertz CT molecular complexity index is 1430. The molecule has 0 bridgehead atoms. The van der Waals surface area contributed by atoms with Gasteiger partial charge >= 0.3 is 11.9 Å². The van der Waals surface area contributed by atoms with E-state index in [9.17, 15) is 9.59 Å². The fraction of sp³-hybridized carbons (Fsp3) is 0.306. The first-order valence-corrected chi connectivity index (χ1v) is 14.9. The number of benzene rings is 3. The minimum atomic E-state index is -0.473. The van der Waals surface area contributed by atoms with Gasteiger partial charge in [0.1, 0.15) is 17.2 Å². The lowest BCUT2D eigenvalue weighted by atomic mass is 10.1. The zero-order valence-electron chi connectivity index (χ0n) is 25.3. The Balaban J connectivity index is 1.21.